The van der Waals surface area contributed by atoms with Crippen molar-refractivity contribution in [1.82, 2.24) is 14.5 Å². The Morgan fingerprint density at radius 1 is 1.47 bits per heavy atom. The molecule has 0 N–H and O–H groups in total. The quantitative estimate of drug-likeness (QED) is 0.700. The van der Waals surface area contributed by atoms with Crippen LogP contribution >= 0.6 is 0 Å². The number of rotatable bonds is 1. The molecule has 0 spiro atoms. The van der Waals surface area contributed by atoms with E-state index in [4.69, 9.17) is 5.26 Å². The largest absolute Gasteiger partial charge is 0.330 e. The van der Waals surface area contributed by atoms with Crippen LogP contribution in [0.15, 0.2) is 24.5 Å². The second-order valence-corrected chi connectivity index (χ2v) is 3.28. The van der Waals surface area contributed by atoms with Gasteiger partial charge in [-0.25, -0.2) is 4.98 Å². The van der Waals surface area contributed by atoms with Crippen LogP contribution in [0.5, 0.6) is 0 Å². The predicted molar refractivity (Wildman–Crippen MR) is 55.9 cm³/mol. The number of aromatic nitrogens is 3. The Labute approximate surface area is 87.8 Å². The predicted octanol–water partition coefficient (Wildman–Crippen LogP) is 1.66. The van der Waals surface area contributed by atoms with Crippen molar-refractivity contribution in [2.24, 2.45) is 7.05 Å². The van der Waals surface area contributed by atoms with E-state index >= 15 is 0 Å². The maximum Gasteiger partial charge on any atom is 0.162 e. The zero-order valence-corrected chi connectivity index (χ0v) is 8.60. The lowest BCUT2D eigenvalue weighted by Gasteiger charge is -2.01. The van der Waals surface area contributed by atoms with E-state index in [1.807, 2.05) is 30.7 Å². The fourth-order valence-electron chi connectivity index (χ4n) is 1.44. The third kappa shape index (κ3) is 1.48. The van der Waals surface area contributed by atoms with Crippen molar-refractivity contribution in [3.05, 3.63) is 35.9 Å². The average molecular weight is 198 g/mol. The lowest BCUT2D eigenvalue weighted by molar-refractivity contribution is 0.882. The van der Waals surface area contributed by atoms with Crippen LogP contribution in [0.4, 0.5) is 0 Å². The molecule has 0 fully saturated rings. The number of hydrogen-bond donors (Lipinski definition) is 0. The second kappa shape index (κ2) is 3.54. The van der Waals surface area contributed by atoms with Gasteiger partial charge in [0.1, 0.15) is 11.9 Å². The van der Waals surface area contributed by atoms with Gasteiger partial charge < -0.3 is 4.57 Å². The Kier molecular flexibility index (Phi) is 2.22. The van der Waals surface area contributed by atoms with E-state index in [2.05, 4.69) is 16.0 Å². The maximum atomic E-state index is 8.86. The molecule has 2 aromatic heterocycles. The molecule has 15 heavy (non-hydrogen) atoms. The van der Waals surface area contributed by atoms with Crippen LogP contribution in [0.25, 0.3) is 11.4 Å². The van der Waals surface area contributed by atoms with Crippen molar-refractivity contribution < 1.29 is 0 Å². The standard InChI is InChI=1S/C11H10N4/c1-8-10(6-12)14-11(15(8)2)9-4-3-5-13-7-9/h3-5,7H,1-2H3. The van der Waals surface area contributed by atoms with Gasteiger partial charge >= 0.3 is 0 Å². The third-order valence-electron chi connectivity index (χ3n) is 2.41. The highest BCUT2D eigenvalue weighted by Crippen LogP contribution is 2.19. The Hall–Kier alpha value is -2.15. The molecular formula is C11H10N4. The second-order valence-electron chi connectivity index (χ2n) is 3.28. The number of nitriles is 1. The Morgan fingerprint density at radius 2 is 2.27 bits per heavy atom. The van der Waals surface area contributed by atoms with Crippen LogP contribution in [0.1, 0.15) is 11.4 Å². The molecule has 0 aliphatic heterocycles. The van der Waals surface area contributed by atoms with Gasteiger partial charge in [0.15, 0.2) is 5.69 Å². The van der Waals surface area contributed by atoms with Gasteiger partial charge in [-0.1, -0.05) is 0 Å². The molecule has 4 heteroatoms. The first-order valence-corrected chi connectivity index (χ1v) is 4.58. The highest BCUT2D eigenvalue weighted by atomic mass is 15.1. The summed E-state index contributed by atoms with van der Waals surface area (Å²) in [4.78, 5) is 8.29. The van der Waals surface area contributed by atoms with E-state index in [0.717, 1.165) is 17.1 Å². The molecule has 0 unspecified atom stereocenters. The molecule has 74 valence electrons. The Morgan fingerprint density at radius 3 is 2.80 bits per heavy atom. The molecule has 0 aliphatic rings. The van der Waals surface area contributed by atoms with Gasteiger partial charge in [0.05, 0.1) is 5.69 Å². The summed E-state index contributed by atoms with van der Waals surface area (Å²) >= 11 is 0. The number of imidazole rings is 1. The van der Waals surface area contributed by atoms with Crippen molar-refractivity contribution in [3.63, 3.8) is 0 Å². The SMILES string of the molecule is Cc1c(C#N)nc(-c2cccnc2)n1C. The van der Waals surface area contributed by atoms with Crippen LogP contribution in [0.2, 0.25) is 0 Å². The summed E-state index contributed by atoms with van der Waals surface area (Å²) in [5.41, 5.74) is 2.26. The summed E-state index contributed by atoms with van der Waals surface area (Å²) in [5.74, 6) is 0.775. The van der Waals surface area contributed by atoms with Crippen molar-refractivity contribution in [2.45, 2.75) is 6.92 Å². The minimum atomic E-state index is 0.469. The van der Waals surface area contributed by atoms with Crippen LogP contribution in [-0.4, -0.2) is 14.5 Å². The minimum absolute atomic E-state index is 0.469. The first-order valence-electron chi connectivity index (χ1n) is 4.58. The molecule has 0 radical (unpaired) electrons. The van der Waals surface area contributed by atoms with E-state index in [-0.39, 0.29) is 0 Å². The van der Waals surface area contributed by atoms with E-state index in [1.54, 1.807) is 12.4 Å². The van der Waals surface area contributed by atoms with Gasteiger partial charge in [0, 0.05) is 25.0 Å². The summed E-state index contributed by atoms with van der Waals surface area (Å²) in [6.07, 6.45) is 3.45. The first kappa shape index (κ1) is 9.41. The number of nitrogens with zero attached hydrogens (tertiary/aromatic N) is 4. The lowest BCUT2D eigenvalue weighted by Crippen LogP contribution is -1.94. The molecule has 4 nitrogen and oxygen atoms in total. The molecule has 0 amide bonds. The van der Waals surface area contributed by atoms with Gasteiger partial charge in [-0.3, -0.25) is 4.98 Å². The normalized spacial score (nSPS) is 9.93. The van der Waals surface area contributed by atoms with Crippen LogP contribution in [0.3, 0.4) is 0 Å². The van der Waals surface area contributed by atoms with Gasteiger partial charge in [-0.2, -0.15) is 5.26 Å². The first-order chi connectivity index (χ1) is 7.24. The highest BCUT2D eigenvalue weighted by molar-refractivity contribution is 5.56. The maximum absolute atomic E-state index is 8.86. The molecule has 0 aromatic carbocycles. The molecule has 2 rings (SSSR count). The summed E-state index contributed by atoms with van der Waals surface area (Å²) in [6, 6.07) is 5.85. The monoisotopic (exact) mass is 198 g/mol. The molecule has 0 aliphatic carbocycles. The average Bonchev–Trinajstić information content (AvgIpc) is 2.57. The molecule has 2 aromatic rings. The van der Waals surface area contributed by atoms with Crippen molar-refractivity contribution in [1.29, 1.82) is 5.26 Å². The molecule has 0 atom stereocenters. The van der Waals surface area contributed by atoms with E-state index in [1.165, 1.54) is 0 Å². The number of pyridine rings is 1. The Bertz CT molecular complexity index is 520. The van der Waals surface area contributed by atoms with Crippen LogP contribution in [-0.2, 0) is 7.05 Å². The molecular weight excluding hydrogens is 188 g/mol. The van der Waals surface area contributed by atoms with Gasteiger partial charge in [-0.05, 0) is 19.1 Å². The van der Waals surface area contributed by atoms with Crippen LogP contribution in [0, 0.1) is 18.3 Å². The number of hydrogen-bond acceptors (Lipinski definition) is 3. The highest BCUT2D eigenvalue weighted by Gasteiger charge is 2.11. The van der Waals surface area contributed by atoms with Gasteiger partial charge in [0.2, 0.25) is 0 Å². The summed E-state index contributed by atoms with van der Waals surface area (Å²) in [5, 5.41) is 8.86. The summed E-state index contributed by atoms with van der Waals surface area (Å²) in [6.45, 7) is 1.88. The fourth-order valence-corrected chi connectivity index (χ4v) is 1.44. The fraction of sp³-hybridized carbons (Fsp3) is 0.182. The zero-order valence-electron chi connectivity index (χ0n) is 8.60. The Balaban J connectivity index is 2.61. The molecule has 0 saturated carbocycles. The lowest BCUT2D eigenvalue weighted by atomic mass is 10.3. The minimum Gasteiger partial charge on any atom is -0.330 e. The van der Waals surface area contributed by atoms with Crippen molar-refractivity contribution in [3.8, 4) is 17.5 Å². The topological polar surface area (TPSA) is 54.5 Å². The summed E-state index contributed by atoms with van der Waals surface area (Å²) in [7, 11) is 1.89. The van der Waals surface area contributed by atoms with Gasteiger partial charge in [0.25, 0.3) is 0 Å². The van der Waals surface area contributed by atoms with Crippen molar-refractivity contribution >= 4 is 0 Å². The van der Waals surface area contributed by atoms with Crippen molar-refractivity contribution in [2.75, 3.05) is 0 Å². The van der Waals surface area contributed by atoms with E-state index < -0.39 is 0 Å². The van der Waals surface area contributed by atoms with Gasteiger partial charge in [-0.15, -0.1) is 0 Å². The molecule has 0 saturated heterocycles. The van der Waals surface area contributed by atoms with E-state index in [9.17, 15) is 0 Å². The van der Waals surface area contributed by atoms with Crippen LogP contribution < -0.4 is 0 Å². The third-order valence-corrected chi connectivity index (χ3v) is 2.41. The zero-order chi connectivity index (χ0) is 10.8. The van der Waals surface area contributed by atoms with E-state index in [0.29, 0.717) is 5.69 Å². The smallest absolute Gasteiger partial charge is 0.162 e. The molecule has 0 bridgehead atoms. The molecule has 2 heterocycles. The summed E-state index contributed by atoms with van der Waals surface area (Å²) < 4.78 is 1.90.